The minimum Gasteiger partial charge on any atom is -0.480 e. The fourth-order valence-corrected chi connectivity index (χ4v) is 8.22. The molecule has 0 aliphatic rings. The summed E-state index contributed by atoms with van der Waals surface area (Å²) in [5, 5.41) is 21.9. The number of carboxylic acid groups (broad SMARTS) is 1. The lowest BCUT2D eigenvalue weighted by atomic mass is 10.0. The number of rotatable bonds is 49. The minimum atomic E-state index is -4.76. The molecule has 0 spiro atoms. The summed E-state index contributed by atoms with van der Waals surface area (Å²) in [7, 11) is -4.76. The number of aliphatic carboxylic acids is 1. The first-order valence-electron chi connectivity index (χ1n) is 26.0. The molecular weight excluding hydrogens is 830 g/mol. The fraction of sp³-hybridized carbons (Fsp3) is 0.827. The van der Waals surface area contributed by atoms with Crippen LogP contribution in [0.15, 0.2) is 36.5 Å². The number of esters is 1. The first kappa shape index (κ1) is 61.7. The Balaban J connectivity index is 3.78. The summed E-state index contributed by atoms with van der Waals surface area (Å²) in [5.74, 6) is -2.38. The van der Waals surface area contributed by atoms with Gasteiger partial charge in [0.15, 0.2) is 6.04 Å². The lowest BCUT2D eigenvalue weighted by Gasteiger charge is -2.18. The van der Waals surface area contributed by atoms with Crippen molar-refractivity contribution in [3.05, 3.63) is 36.5 Å². The minimum absolute atomic E-state index is 0.135. The average molecular weight is 926 g/mol. The van der Waals surface area contributed by atoms with Gasteiger partial charge in [-0.1, -0.05) is 224 Å². The number of allylic oxidation sites excluding steroid dienone is 6. The number of amides is 1. The second kappa shape index (κ2) is 47.2. The second-order valence-corrected chi connectivity index (χ2v) is 19.1. The first-order chi connectivity index (χ1) is 31.1. The summed E-state index contributed by atoms with van der Waals surface area (Å²) in [6, 6.07) is -1.55. The number of carboxylic acids is 1. The van der Waals surface area contributed by atoms with E-state index < -0.39 is 57.6 Å². The topological polar surface area (TPSA) is 169 Å². The van der Waals surface area contributed by atoms with Crippen LogP contribution < -0.4 is 5.32 Å². The maximum Gasteiger partial charge on any atom is 0.472 e. The molecule has 0 aliphatic heterocycles. The van der Waals surface area contributed by atoms with E-state index in [1.54, 1.807) is 0 Å². The molecule has 3 unspecified atom stereocenters. The summed E-state index contributed by atoms with van der Waals surface area (Å²) in [6.45, 7) is 2.52. The number of aliphatic hydroxyl groups excluding tert-OH is 1. The predicted octanol–water partition coefficient (Wildman–Crippen LogP) is 14.3. The largest absolute Gasteiger partial charge is 0.480 e. The maximum absolute atomic E-state index is 12.3. The number of hydrogen-bond donors (Lipinski definition) is 4. The van der Waals surface area contributed by atoms with Crippen LogP contribution in [0.4, 0.5) is 0 Å². The van der Waals surface area contributed by atoms with Gasteiger partial charge in [-0.25, -0.2) is 9.36 Å². The second-order valence-electron chi connectivity index (χ2n) is 17.7. The molecule has 0 heterocycles. The molecule has 3 atom stereocenters. The highest BCUT2D eigenvalue weighted by Gasteiger charge is 2.28. The van der Waals surface area contributed by atoms with Gasteiger partial charge in [0.2, 0.25) is 5.91 Å². The third-order valence-electron chi connectivity index (χ3n) is 11.4. The number of unbranched alkanes of at least 4 members (excludes halogenated alkanes) is 29. The van der Waals surface area contributed by atoms with Gasteiger partial charge in [0.25, 0.3) is 0 Å². The van der Waals surface area contributed by atoms with Crippen LogP contribution in [0.1, 0.15) is 245 Å². The predicted molar refractivity (Wildman–Crippen MR) is 263 cm³/mol. The van der Waals surface area contributed by atoms with E-state index in [9.17, 15) is 34.1 Å². The Bertz CT molecular complexity index is 1220. The smallest absolute Gasteiger partial charge is 0.472 e. The Labute approximate surface area is 391 Å². The Kier molecular flexibility index (Phi) is 45.5. The van der Waals surface area contributed by atoms with Gasteiger partial charge in [0.05, 0.1) is 13.2 Å². The number of carbonyl (C=O) groups excluding carboxylic acids is 2. The van der Waals surface area contributed by atoms with Crippen molar-refractivity contribution in [2.24, 2.45) is 0 Å². The van der Waals surface area contributed by atoms with E-state index in [2.05, 4.69) is 55.6 Å². The van der Waals surface area contributed by atoms with Gasteiger partial charge in [-0.05, 0) is 44.9 Å². The molecule has 0 aromatic carbocycles. The molecule has 0 aromatic heterocycles. The van der Waals surface area contributed by atoms with E-state index in [4.69, 9.17) is 13.8 Å². The summed E-state index contributed by atoms with van der Waals surface area (Å²) in [4.78, 5) is 46.1. The van der Waals surface area contributed by atoms with E-state index in [1.165, 1.54) is 122 Å². The number of nitrogens with one attached hydrogen (secondary N) is 1. The van der Waals surface area contributed by atoms with Gasteiger partial charge in [-0.3, -0.25) is 18.6 Å². The van der Waals surface area contributed by atoms with Crippen LogP contribution in [0.5, 0.6) is 0 Å². The van der Waals surface area contributed by atoms with Crippen LogP contribution in [-0.4, -0.2) is 64.9 Å². The monoisotopic (exact) mass is 926 g/mol. The van der Waals surface area contributed by atoms with Crippen molar-refractivity contribution in [2.75, 3.05) is 19.8 Å². The molecule has 0 saturated carbocycles. The van der Waals surface area contributed by atoms with Crippen LogP contribution in [0.25, 0.3) is 0 Å². The molecule has 12 heteroatoms. The van der Waals surface area contributed by atoms with Crippen LogP contribution in [0.3, 0.4) is 0 Å². The fourth-order valence-electron chi connectivity index (χ4n) is 7.45. The van der Waals surface area contributed by atoms with Crippen LogP contribution in [0.2, 0.25) is 0 Å². The molecule has 11 nitrogen and oxygen atoms in total. The lowest BCUT2D eigenvalue weighted by molar-refractivity contribution is -0.147. The van der Waals surface area contributed by atoms with Gasteiger partial charge >= 0.3 is 19.8 Å². The summed E-state index contributed by atoms with van der Waals surface area (Å²) < 4.78 is 27.0. The molecule has 64 heavy (non-hydrogen) atoms. The maximum atomic E-state index is 12.3. The number of aliphatic hydroxyl groups is 1. The number of ether oxygens (including phenoxy) is 1. The van der Waals surface area contributed by atoms with Crippen molar-refractivity contribution in [3.8, 4) is 0 Å². The molecular formula is C52H96NO10P. The number of hydrogen-bond acceptors (Lipinski definition) is 8. The van der Waals surface area contributed by atoms with Crippen molar-refractivity contribution >= 4 is 25.7 Å². The standard InChI is InChI=1S/C52H96NO10P/c1-3-5-7-9-11-13-15-17-19-21-22-23-24-25-26-28-30-32-34-36-38-40-42-44-51(56)61-45-48(54)46-62-64(59,60)63-47-49(52(57)58)53-50(55)43-41-39-37-35-33-31-29-27-20-18-16-14-12-10-8-6-4-2/h6,8,12,14,18,20,48-49,54H,3-5,7,9-11,13,15-17,19,21-47H2,1-2H3,(H,53,55)(H,57,58)(H,59,60)/b8-6-,14-12-,20-18-. The van der Waals surface area contributed by atoms with E-state index in [1.807, 2.05) is 0 Å². The number of carbonyl (C=O) groups is 3. The zero-order chi connectivity index (χ0) is 47.0. The summed E-state index contributed by atoms with van der Waals surface area (Å²) >= 11 is 0. The highest BCUT2D eigenvalue weighted by molar-refractivity contribution is 7.47. The van der Waals surface area contributed by atoms with Crippen LogP contribution in [-0.2, 0) is 32.7 Å². The zero-order valence-electron chi connectivity index (χ0n) is 40.8. The summed E-state index contributed by atoms with van der Waals surface area (Å²) in [6.07, 6.45) is 53.2. The van der Waals surface area contributed by atoms with Crippen molar-refractivity contribution in [1.29, 1.82) is 0 Å². The highest BCUT2D eigenvalue weighted by atomic mass is 31.2. The Morgan fingerprint density at radius 1 is 0.516 bits per heavy atom. The number of phosphoric ester groups is 1. The van der Waals surface area contributed by atoms with Gasteiger partial charge in [0.1, 0.15) is 12.7 Å². The molecule has 0 bridgehead atoms. The third-order valence-corrected chi connectivity index (χ3v) is 12.4. The van der Waals surface area contributed by atoms with E-state index in [0.717, 1.165) is 83.5 Å². The molecule has 0 aromatic rings. The van der Waals surface area contributed by atoms with Crippen molar-refractivity contribution in [3.63, 3.8) is 0 Å². The normalized spacial score (nSPS) is 13.8. The van der Waals surface area contributed by atoms with Crippen LogP contribution in [0, 0.1) is 0 Å². The SMILES string of the molecule is CC/C=C\C/C=C\C/C=C\CCCCCCCCCC(=O)NC(COP(=O)(O)OCC(O)COC(=O)CCCCCCCCCCCCCCCCCCCCCCCCC)C(=O)O. The van der Waals surface area contributed by atoms with Gasteiger partial charge in [-0.15, -0.1) is 0 Å². The quantitative estimate of drug-likeness (QED) is 0.0199. The molecule has 0 aliphatic carbocycles. The van der Waals surface area contributed by atoms with E-state index in [-0.39, 0.29) is 12.8 Å². The lowest BCUT2D eigenvalue weighted by Crippen LogP contribution is -2.43. The van der Waals surface area contributed by atoms with Crippen molar-refractivity contribution < 1.29 is 47.8 Å². The van der Waals surface area contributed by atoms with Gasteiger partial charge < -0.3 is 25.2 Å². The van der Waals surface area contributed by atoms with Crippen LogP contribution >= 0.6 is 7.82 Å². The molecule has 1 amide bonds. The molecule has 0 radical (unpaired) electrons. The molecule has 0 rings (SSSR count). The molecule has 4 N–H and O–H groups in total. The van der Waals surface area contributed by atoms with Crippen molar-refractivity contribution in [2.45, 2.75) is 257 Å². The first-order valence-corrected chi connectivity index (χ1v) is 27.5. The van der Waals surface area contributed by atoms with Gasteiger partial charge in [-0.2, -0.15) is 0 Å². The molecule has 0 saturated heterocycles. The third kappa shape index (κ3) is 46.2. The zero-order valence-corrected chi connectivity index (χ0v) is 41.7. The van der Waals surface area contributed by atoms with E-state index in [0.29, 0.717) is 12.8 Å². The summed E-state index contributed by atoms with van der Waals surface area (Å²) in [5.41, 5.74) is 0. The number of phosphoric acid groups is 1. The Morgan fingerprint density at radius 3 is 1.36 bits per heavy atom. The molecule has 374 valence electrons. The van der Waals surface area contributed by atoms with Gasteiger partial charge in [0, 0.05) is 12.8 Å². The Morgan fingerprint density at radius 2 is 0.906 bits per heavy atom. The average Bonchev–Trinajstić information content (AvgIpc) is 3.27. The van der Waals surface area contributed by atoms with E-state index >= 15 is 0 Å². The highest BCUT2D eigenvalue weighted by Crippen LogP contribution is 2.43. The Hall–Kier alpha value is -2.30. The van der Waals surface area contributed by atoms with Crippen molar-refractivity contribution in [1.82, 2.24) is 5.32 Å². The molecule has 0 fully saturated rings.